The van der Waals surface area contributed by atoms with E-state index < -0.39 is 5.69 Å². The van der Waals surface area contributed by atoms with E-state index in [4.69, 9.17) is 9.79 Å². The monoisotopic (exact) mass is 198 g/mol. The molecule has 1 rings (SSSR count). The summed E-state index contributed by atoms with van der Waals surface area (Å²) in [6, 6.07) is 0. The maximum atomic E-state index is 8.92. The molecule has 10 heavy (non-hydrogen) atoms. The van der Waals surface area contributed by atoms with Crippen LogP contribution in [-0.2, 0) is 11.8 Å². The minimum absolute atomic E-state index is 0.417. The van der Waals surface area contributed by atoms with Gasteiger partial charge in [-0.05, 0) is 24.6 Å². The molecule has 60 valence electrons. The van der Waals surface area contributed by atoms with Crippen LogP contribution in [-0.4, -0.2) is 15.0 Å². The molecule has 0 aromatic carbocycles. The minimum Gasteiger partial charge on any atom is -0.338 e. The third kappa shape index (κ3) is 3.35. The second-order valence-corrected chi connectivity index (χ2v) is 8.74. The Balaban J connectivity index is 2.31. The Kier molecular flexibility index (Phi) is 3.20. The van der Waals surface area contributed by atoms with Gasteiger partial charge in [0.1, 0.15) is 0 Å². The van der Waals surface area contributed by atoms with Crippen LogP contribution < -0.4 is 0 Å². The van der Waals surface area contributed by atoms with E-state index in [-0.39, 0.29) is 0 Å². The first-order chi connectivity index (χ1) is 4.58. The molecule has 0 amide bonds. The van der Waals surface area contributed by atoms with E-state index >= 15 is 0 Å². The highest BCUT2D eigenvalue weighted by Gasteiger charge is 2.21. The summed E-state index contributed by atoms with van der Waals surface area (Å²) >= 11 is 5.71. The second kappa shape index (κ2) is 3.55. The van der Waals surface area contributed by atoms with Crippen molar-refractivity contribution < 1.29 is 9.79 Å². The maximum Gasteiger partial charge on any atom is 0.242 e. The van der Waals surface area contributed by atoms with E-state index in [0.717, 1.165) is 12.8 Å². The van der Waals surface area contributed by atoms with Crippen LogP contribution in [0.3, 0.4) is 0 Å². The summed E-state index contributed by atoms with van der Waals surface area (Å²) in [5.74, 6) is 0. The van der Waals surface area contributed by atoms with Gasteiger partial charge in [0.2, 0.25) is 5.69 Å². The lowest BCUT2D eigenvalue weighted by molar-refractivity contribution is 0.501. The predicted octanol–water partition coefficient (Wildman–Crippen LogP) is 1.87. The van der Waals surface area contributed by atoms with Crippen molar-refractivity contribution in [2.45, 2.75) is 30.9 Å². The number of rotatable bonds is 2. The van der Waals surface area contributed by atoms with E-state index in [9.17, 15) is 0 Å². The van der Waals surface area contributed by atoms with Crippen molar-refractivity contribution in [3.05, 3.63) is 0 Å². The molecule has 1 aliphatic carbocycles. The van der Waals surface area contributed by atoms with Crippen LogP contribution in [0.25, 0.3) is 0 Å². The molecule has 0 bridgehead atoms. The Morgan fingerprint density at radius 1 is 1.30 bits per heavy atom. The van der Waals surface area contributed by atoms with Crippen LogP contribution in [0.2, 0.25) is 0 Å². The van der Waals surface area contributed by atoms with Crippen molar-refractivity contribution in [2.75, 3.05) is 0 Å². The summed E-state index contributed by atoms with van der Waals surface area (Å²) in [6.45, 7) is 0. The molecular weight excluding hydrogens is 187 g/mol. The Bertz CT molecular complexity index is 150. The van der Waals surface area contributed by atoms with Crippen molar-refractivity contribution in [3.8, 4) is 0 Å². The summed E-state index contributed by atoms with van der Waals surface area (Å²) in [5.41, 5.74) is -2.96. The molecule has 1 aliphatic rings. The predicted molar refractivity (Wildman–Crippen MR) is 48.6 cm³/mol. The fourth-order valence-corrected chi connectivity index (χ4v) is 5.01. The summed E-state index contributed by atoms with van der Waals surface area (Å²) in [7, 11) is 0. The van der Waals surface area contributed by atoms with Gasteiger partial charge in [0.15, 0.2) is 0 Å². The zero-order valence-corrected chi connectivity index (χ0v) is 8.09. The molecule has 0 aromatic heterocycles. The molecule has 0 radical (unpaired) electrons. The Labute approximate surface area is 69.9 Å². The van der Waals surface area contributed by atoms with E-state index in [0.29, 0.717) is 5.25 Å². The van der Waals surface area contributed by atoms with Gasteiger partial charge in [0.25, 0.3) is 0 Å². The van der Waals surface area contributed by atoms with Gasteiger partial charge in [-0.1, -0.05) is 24.2 Å². The second-order valence-electron chi connectivity index (χ2n) is 2.50. The molecule has 0 atom stereocenters. The van der Waals surface area contributed by atoms with Crippen LogP contribution >= 0.6 is 17.1 Å². The van der Waals surface area contributed by atoms with Crippen LogP contribution in [0.15, 0.2) is 0 Å². The van der Waals surface area contributed by atoms with E-state index in [2.05, 4.69) is 11.8 Å². The molecule has 0 aliphatic heterocycles. The molecule has 1 saturated carbocycles. The fourth-order valence-electron chi connectivity index (χ4n) is 1.19. The molecule has 2 N–H and O–H groups in total. The first-order valence-electron chi connectivity index (χ1n) is 3.32. The molecule has 0 unspecified atom stereocenters. The smallest absolute Gasteiger partial charge is 0.242 e. The van der Waals surface area contributed by atoms with Gasteiger partial charge in [0, 0.05) is 5.25 Å². The zero-order chi connectivity index (χ0) is 7.61. The highest BCUT2D eigenvalue weighted by Crippen LogP contribution is 2.55. The summed E-state index contributed by atoms with van der Waals surface area (Å²) in [5, 5.41) is 0.417. The lowest BCUT2D eigenvalue weighted by Crippen LogP contribution is -1.92. The van der Waals surface area contributed by atoms with Crippen molar-refractivity contribution in [1.82, 2.24) is 0 Å². The lowest BCUT2D eigenvalue weighted by Gasteiger charge is -2.11. The quantitative estimate of drug-likeness (QED) is 0.664. The largest absolute Gasteiger partial charge is 0.338 e. The van der Waals surface area contributed by atoms with Crippen LogP contribution in [0.5, 0.6) is 0 Å². The third-order valence-electron chi connectivity index (χ3n) is 1.59. The van der Waals surface area contributed by atoms with Crippen molar-refractivity contribution >= 4 is 28.9 Å². The summed E-state index contributed by atoms with van der Waals surface area (Å²) < 4.78 is 0. The number of hydrogen-bond acceptors (Lipinski definition) is 2. The van der Waals surface area contributed by atoms with Gasteiger partial charge < -0.3 is 9.79 Å². The standard InChI is InChI=1S/C5H11O2PS2/c6-8(7,9)10-5-3-1-2-4-5/h5H,1-4H2,(H2,6,7,9). The zero-order valence-electron chi connectivity index (χ0n) is 5.56. The Morgan fingerprint density at radius 3 is 2.20 bits per heavy atom. The van der Waals surface area contributed by atoms with Crippen molar-refractivity contribution in [2.24, 2.45) is 0 Å². The van der Waals surface area contributed by atoms with Crippen molar-refractivity contribution in [3.63, 3.8) is 0 Å². The van der Waals surface area contributed by atoms with E-state index in [1.807, 2.05) is 0 Å². The van der Waals surface area contributed by atoms with Gasteiger partial charge in [-0.2, -0.15) is 0 Å². The molecule has 0 saturated heterocycles. The summed E-state index contributed by atoms with van der Waals surface area (Å²) in [4.78, 5) is 17.8. The Hall–Kier alpha value is 0.920. The molecule has 2 nitrogen and oxygen atoms in total. The lowest BCUT2D eigenvalue weighted by atomic mass is 10.4. The van der Waals surface area contributed by atoms with Gasteiger partial charge >= 0.3 is 0 Å². The molecule has 5 heteroatoms. The molecule has 1 fully saturated rings. The topological polar surface area (TPSA) is 40.5 Å². The molecular formula is C5H11O2PS2. The Morgan fingerprint density at radius 2 is 1.80 bits per heavy atom. The van der Waals surface area contributed by atoms with E-state index in [1.54, 1.807) is 0 Å². The fraction of sp³-hybridized carbons (Fsp3) is 1.00. The first kappa shape index (κ1) is 9.01. The molecule has 0 heterocycles. The highest BCUT2D eigenvalue weighted by atomic mass is 32.9. The maximum absolute atomic E-state index is 8.92. The highest BCUT2D eigenvalue weighted by molar-refractivity contribution is 8.67. The van der Waals surface area contributed by atoms with Crippen molar-refractivity contribution in [1.29, 1.82) is 0 Å². The molecule has 0 aromatic rings. The number of hydrogen-bond donors (Lipinski definition) is 2. The van der Waals surface area contributed by atoms with Gasteiger partial charge in [-0.3, -0.25) is 0 Å². The average Bonchev–Trinajstić information content (AvgIpc) is 2.12. The average molecular weight is 198 g/mol. The van der Waals surface area contributed by atoms with Crippen LogP contribution in [0.4, 0.5) is 0 Å². The van der Waals surface area contributed by atoms with Crippen LogP contribution in [0, 0.1) is 0 Å². The normalized spacial score (nSPS) is 21.8. The first-order valence-corrected chi connectivity index (χ1v) is 7.51. The van der Waals surface area contributed by atoms with Gasteiger partial charge in [0.05, 0.1) is 0 Å². The minimum atomic E-state index is -2.96. The van der Waals surface area contributed by atoms with E-state index in [1.165, 1.54) is 24.2 Å². The third-order valence-corrected chi connectivity index (χ3v) is 5.13. The molecule has 0 spiro atoms. The SMILES string of the molecule is OP(O)(=S)SC1CCCC1. The van der Waals surface area contributed by atoms with Gasteiger partial charge in [-0.25, -0.2) is 0 Å². The van der Waals surface area contributed by atoms with Gasteiger partial charge in [-0.15, -0.1) is 0 Å². The summed E-state index contributed by atoms with van der Waals surface area (Å²) in [6.07, 6.45) is 4.63. The van der Waals surface area contributed by atoms with Crippen LogP contribution in [0.1, 0.15) is 25.7 Å².